The van der Waals surface area contributed by atoms with Gasteiger partial charge in [0, 0.05) is 6.07 Å². The fraction of sp³-hybridized carbons (Fsp3) is 0.417. The van der Waals surface area contributed by atoms with Crippen LogP contribution < -0.4 is 0 Å². The molecule has 0 aliphatic carbocycles. The van der Waals surface area contributed by atoms with Gasteiger partial charge < -0.3 is 4.74 Å². The van der Waals surface area contributed by atoms with Crippen LogP contribution in [0.3, 0.4) is 0 Å². The van der Waals surface area contributed by atoms with Gasteiger partial charge in [0.2, 0.25) is 0 Å². The van der Waals surface area contributed by atoms with Gasteiger partial charge in [0.05, 0.1) is 17.1 Å². The number of halogens is 1. The molecule has 1 aromatic rings. The van der Waals surface area contributed by atoms with Crippen LogP contribution in [0.5, 0.6) is 0 Å². The number of aryl methyl sites for hydroxylation is 1. The van der Waals surface area contributed by atoms with E-state index < -0.39 is 10.9 Å². The van der Waals surface area contributed by atoms with E-state index in [-0.39, 0.29) is 22.9 Å². The molecule has 0 atom stereocenters. The maximum absolute atomic E-state index is 11.6. The second-order valence-corrected chi connectivity index (χ2v) is 4.07. The average molecular weight is 272 g/mol. The van der Waals surface area contributed by atoms with Gasteiger partial charge in [0.25, 0.3) is 5.69 Å². The van der Waals surface area contributed by atoms with E-state index in [1.807, 2.05) is 6.92 Å². The summed E-state index contributed by atoms with van der Waals surface area (Å²) in [5.41, 5.74) is 0.499. The van der Waals surface area contributed by atoms with Crippen molar-refractivity contribution in [1.82, 2.24) is 0 Å². The molecule has 98 valence electrons. The number of benzene rings is 1. The number of carbonyl (C=O) groups excluding carboxylic acids is 1. The summed E-state index contributed by atoms with van der Waals surface area (Å²) in [5.74, 6) is -0.574. The van der Waals surface area contributed by atoms with E-state index in [0.29, 0.717) is 12.0 Å². The fourth-order valence-electron chi connectivity index (χ4n) is 1.58. The van der Waals surface area contributed by atoms with Crippen LogP contribution >= 0.6 is 11.6 Å². The maximum Gasteiger partial charge on any atom is 0.338 e. The summed E-state index contributed by atoms with van der Waals surface area (Å²) in [5, 5.41) is 11.0. The van der Waals surface area contributed by atoms with Crippen LogP contribution in [0.4, 0.5) is 5.69 Å². The monoisotopic (exact) mass is 271 g/mol. The number of esters is 1. The third kappa shape index (κ3) is 3.20. The number of hydrogen-bond acceptors (Lipinski definition) is 4. The van der Waals surface area contributed by atoms with Crippen molar-refractivity contribution in [3.05, 3.63) is 38.4 Å². The van der Waals surface area contributed by atoms with Gasteiger partial charge in [-0.15, -0.1) is 0 Å². The Balaban J connectivity index is 3.28. The van der Waals surface area contributed by atoms with Crippen LogP contribution in [-0.4, -0.2) is 17.5 Å². The zero-order valence-electron chi connectivity index (χ0n) is 10.2. The summed E-state index contributed by atoms with van der Waals surface area (Å²) in [7, 11) is 0. The minimum atomic E-state index is -0.593. The van der Waals surface area contributed by atoms with Crippen LogP contribution in [0.2, 0.25) is 5.02 Å². The predicted molar refractivity (Wildman–Crippen MR) is 68.1 cm³/mol. The molecular formula is C12H14ClNO4. The molecule has 0 amide bonds. The molecule has 0 aliphatic rings. The average Bonchev–Trinajstić information content (AvgIpc) is 2.31. The Kier molecular flexibility index (Phi) is 5.09. The van der Waals surface area contributed by atoms with Crippen LogP contribution in [0.1, 0.15) is 36.2 Å². The largest absolute Gasteiger partial charge is 0.462 e. The highest BCUT2D eigenvalue weighted by Gasteiger charge is 2.20. The predicted octanol–water partition coefficient (Wildman–Crippen LogP) is 3.38. The summed E-state index contributed by atoms with van der Waals surface area (Å²) in [6.07, 6.45) is 1.36. The number of rotatable bonds is 5. The Morgan fingerprint density at radius 2 is 2.11 bits per heavy atom. The zero-order chi connectivity index (χ0) is 13.7. The van der Waals surface area contributed by atoms with Crippen molar-refractivity contribution in [2.45, 2.75) is 26.7 Å². The molecule has 1 rings (SSSR count). The highest BCUT2D eigenvalue weighted by Crippen LogP contribution is 2.30. The normalized spacial score (nSPS) is 10.2. The van der Waals surface area contributed by atoms with Gasteiger partial charge in [-0.1, -0.05) is 24.9 Å². The van der Waals surface area contributed by atoms with E-state index in [9.17, 15) is 14.9 Å². The maximum atomic E-state index is 11.6. The second kappa shape index (κ2) is 6.35. The first kappa shape index (κ1) is 14.4. The molecule has 0 radical (unpaired) electrons. The summed E-state index contributed by atoms with van der Waals surface area (Å²) >= 11 is 5.94. The molecule has 0 fully saturated rings. The number of hydrogen-bond donors (Lipinski definition) is 0. The third-order valence-corrected chi connectivity index (χ3v) is 2.79. The molecule has 0 N–H and O–H groups in total. The number of nitro groups is 1. The lowest BCUT2D eigenvalue weighted by Gasteiger charge is -2.07. The first-order valence-electron chi connectivity index (χ1n) is 5.65. The summed E-state index contributed by atoms with van der Waals surface area (Å²) < 4.78 is 4.83. The van der Waals surface area contributed by atoms with Gasteiger partial charge in [-0.05, 0) is 25.0 Å². The van der Waals surface area contributed by atoms with E-state index in [2.05, 4.69) is 0 Å². The lowest BCUT2D eigenvalue weighted by atomic mass is 10.1. The van der Waals surface area contributed by atoms with Crippen LogP contribution in [0.15, 0.2) is 12.1 Å². The van der Waals surface area contributed by atoms with Gasteiger partial charge >= 0.3 is 5.97 Å². The Morgan fingerprint density at radius 1 is 1.44 bits per heavy atom. The highest BCUT2D eigenvalue weighted by atomic mass is 35.5. The van der Waals surface area contributed by atoms with Crippen molar-refractivity contribution in [2.75, 3.05) is 6.61 Å². The molecule has 0 spiro atoms. The molecule has 0 saturated carbocycles. The Hall–Kier alpha value is -1.62. The van der Waals surface area contributed by atoms with E-state index in [1.165, 1.54) is 0 Å². The van der Waals surface area contributed by atoms with Crippen molar-refractivity contribution < 1.29 is 14.5 Å². The number of nitrogens with zero attached hydrogens (tertiary/aromatic N) is 1. The van der Waals surface area contributed by atoms with Crippen molar-refractivity contribution in [3.8, 4) is 0 Å². The standard InChI is InChI=1S/C12H14ClNO4/c1-3-5-8-6-9(12(15)18-4-2)7-10(11(8)13)14(16)17/h6-7H,3-5H2,1-2H3. The fourth-order valence-corrected chi connectivity index (χ4v) is 1.86. The van der Waals surface area contributed by atoms with Crippen LogP contribution in [0, 0.1) is 10.1 Å². The molecule has 18 heavy (non-hydrogen) atoms. The summed E-state index contributed by atoms with van der Waals surface area (Å²) in [6.45, 7) is 3.83. The molecule has 0 aromatic heterocycles. The van der Waals surface area contributed by atoms with Crippen LogP contribution in [-0.2, 0) is 11.2 Å². The van der Waals surface area contributed by atoms with Gasteiger partial charge in [-0.3, -0.25) is 10.1 Å². The first-order valence-corrected chi connectivity index (χ1v) is 6.03. The quantitative estimate of drug-likeness (QED) is 0.468. The molecule has 0 saturated heterocycles. The van der Waals surface area contributed by atoms with E-state index in [4.69, 9.17) is 16.3 Å². The number of ether oxygens (including phenoxy) is 1. The molecule has 0 aliphatic heterocycles. The Labute approximate surface area is 110 Å². The minimum Gasteiger partial charge on any atom is -0.462 e. The SMILES string of the molecule is CCCc1cc(C(=O)OCC)cc([N+](=O)[O-])c1Cl. The Bertz CT molecular complexity index is 473. The first-order chi connectivity index (χ1) is 8.51. The lowest BCUT2D eigenvalue weighted by molar-refractivity contribution is -0.384. The third-order valence-electron chi connectivity index (χ3n) is 2.36. The summed E-state index contributed by atoms with van der Waals surface area (Å²) in [4.78, 5) is 21.9. The van der Waals surface area contributed by atoms with Gasteiger partial charge in [-0.2, -0.15) is 0 Å². The van der Waals surface area contributed by atoms with Crippen molar-refractivity contribution >= 4 is 23.3 Å². The van der Waals surface area contributed by atoms with Gasteiger partial charge in [0.1, 0.15) is 5.02 Å². The topological polar surface area (TPSA) is 69.4 Å². The van der Waals surface area contributed by atoms with Gasteiger partial charge in [-0.25, -0.2) is 4.79 Å². The molecule has 1 aromatic carbocycles. The molecule has 6 heteroatoms. The van der Waals surface area contributed by atoms with E-state index >= 15 is 0 Å². The van der Waals surface area contributed by atoms with Crippen LogP contribution in [0.25, 0.3) is 0 Å². The van der Waals surface area contributed by atoms with Crippen molar-refractivity contribution in [1.29, 1.82) is 0 Å². The van der Waals surface area contributed by atoms with Crippen molar-refractivity contribution in [3.63, 3.8) is 0 Å². The molecular weight excluding hydrogens is 258 g/mol. The van der Waals surface area contributed by atoms with E-state index in [1.54, 1.807) is 13.0 Å². The molecule has 0 unspecified atom stereocenters. The number of carbonyl (C=O) groups is 1. The molecule has 0 heterocycles. The Morgan fingerprint density at radius 3 is 2.61 bits per heavy atom. The minimum absolute atomic E-state index is 0.0925. The highest BCUT2D eigenvalue weighted by molar-refractivity contribution is 6.33. The summed E-state index contributed by atoms with van der Waals surface area (Å²) in [6, 6.07) is 2.70. The molecule has 0 bridgehead atoms. The smallest absolute Gasteiger partial charge is 0.338 e. The van der Waals surface area contributed by atoms with Gasteiger partial charge in [0.15, 0.2) is 0 Å². The zero-order valence-corrected chi connectivity index (χ0v) is 11.0. The molecule has 5 nitrogen and oxygen atoms in total. The number of nitro benzene ring substituents is 1. The second-order valence-electron chi connectivity index (χ2n) is 3.70. The van der Waals surface area contributed by atoms with Crippen molar-refractivity contribution in [2.24, 2.45) is 0 Å². The van der Waals surface area contributed by atoms with E-state index in [0.717, 1.165) is 12.5 Å². The lowest BCUT2D eigenvalue weighted by Crippen LogP contribution is -2.07.